The molecule has 0 atom stereocenters. The van der Waals surface area contributed by atoms with Crippen molar-refractivity contribution in [3.05, 3.63) is 12.2 Å². The van der Waals surface area contributed by atoms with Crippen molar-refractivity contribution in [3.63, 3.8) is 0 Å². The third-order valence-electron chi connectivity index (χ3n) is 0.829. The van der Waals surface area contributed by atoms with Gasteiger partial charge in [-0.2, -0.15) is 4.68 Å². The lowest BCUT2D eigenvalue weighted by atomic mass is 10.7. The standard InChI is InChI=1S/C4H3F2N3O/c5-3(6)4-7-1-9(2-10)8-4/h1-3H. The van der Waals surface area contributed by atoms with Crippen LogP contribution in [-0.4, -0.2) is 21.2 Å². The van der Waals surface area contributed by atoms with E-state index >= 15 is 0 Å². The zero-order chi connectivity index (χ0) is 7.56. The Morgan fingerprint density at radius 3 is 2.70 bits per heavy atom. The van der Waals surface area contributed by atoms with Crippen molar-refractivity contribution in [2.45, 2.75) is 6.43 Å². The smallest absolute Gasteiger partial charge is 0.276 e. The first-order valence-electron chi connectivity index (χ1n) is 2.38. The molecule has 10 heavy (non-hydrogen) atoms. The van der Waals surface area contributed by atoms with Gasteiger partial charge in [0.25, 0.3) is 6.43 Å². The minimum atomic E-state index is -2.72. The van der Waals surface area contributed by atoms with Crippen LogP contribution in [0.25, 0.3) is 0 Å². The largest absolute Gasteiger partial charge is 0.299 e. The molecule has 0 spiro atoms. The summed E-state index contributed by atoms with van der Waals surface area (Å²) in [6.45, 7) is 0. The number of aromatic nitrogens is 3. The zero-order valence-corrected chi connectivity index (χ0v) is 4.74. The summed E-state index contributed by atoms with van der Waals surface area (Å²) in [5.74, 6) is -0.632. The van der Waals surface area contributed by atoms with Gasteiger partial charge in [0.15, 0.2) is 0 Å². The fourth-order valence-electron chi connectivity index (χ4n) is 0.439. The van der Waals surface area contributed by atoms with Crippen LogP contribution >= 0.6 is 0 Å². The number of halogens is 2. The molecular weight excluding hydrogens is 144 g/mol. The summed E-state index contributed by atoms with van der Waals surface area (Å²) in [5.41, 5.74) is 0. The summed E-state index contributed by atoms with van der Waals surface area (Å²) in [7, 11) is 0. The van der Waals surface area contributed by atoms with Gasteiger partial charge in [-0.25, -0.2) is 13.8 Å². The van der Waals surface area contributed by atoms with E-state index in [1.54, 1.807) is 0 Å². The van der Waals surface area contributed by atoms with E-state index in [0.717, 1.165) is 6.33 Å². The number of hydrogen-bond acceptors (Lipinski definition) is 3. The molecule has 0 fully saturated rings. The van der Waals surface area contributed by atoms with Crippen LogP contribution in [-0.2, 0) is 4.79 Å². The van der Waals surface area contributed by atoms with Gasteiger partial charge in [0.2, 0.25) is 12.2 Å². The normalized spacial score (nSPS) is 10.3. The maximum Gasteiger partial charge on any atom is 0.299 e. The van der Waals surface area contributed by atoms with Crippen LogP contribution in [0.1, 0.15) is 12.2 Å². The van der Waals surface area contributed by atoms with Gasteiger partial charge in [-0.3, -0.25) is 4.79 Å². The van der Waals surface area contributed by atoms with Crippen LogP contribution in [0, 0.1) is 0 Å². The summed E-state index contributed by atoms with van der Waals surface area (Å²) < 4.78 is 24.0. The molecule has 0 bridgehead atoms. The molecule has 0 amide bonds. The number of nitrogens with zero attached hydrogens (tertiary/aromatic N) is 3. The number of alkyl halides is 2. The lowest BCUT2D eigenvalue weighted by molar-refractivity contribution is 0.140. The Labute approximate surface area is 54.5 Å². The second kappa shape index (κ2) is 2.51. The highest BCUT2D eigenvalue weighted by atomic mass is 19.3. The first-order valence-corrected chi connectivity index (χ1v) is 2.38. The van der Waals surface area contributed by atoms with Gasteiger partial charge >= 0.3 is 0 Å². The third-order valence-corrected chi connectivity index (χ3v) is 0.829. The molecule has 0 aromatic carbocycles. The van der Waals surface area contributed by atoms with E-state index in [-0.39, 0.29) is 0 Å². The van der Waals surface area contributed by atoms with Crippen LogP contribution in [0.3, 0.4) is 0 Å². The first-order chi connectivity index (χ1) is 4.74. The highest BCUT2D eigenvalue weighted by Crippen LogP contribution is 2.11. The molecule has 1 heterocycles. The molecule has 4 nitrogen and oxygen atoms in total. The van der Waals surface area contributed by atoms with Crippen LogP contribution in [0.15, 0.2) is 6.33 Å². The quantitative estimate of drug-likeness (QED) is 0.563. The van der Waals surface area contributed by atoms with Crippen molar-refractivity contribution in [2.75, 3.05) is 0 Å². The van der Waals surface area contributed by atoms with Gasteiger partial charge in [0.1, 0.15) is 6.33 Å². The van der Waals surface area contributed by atoms with E-state index < -0.39 is 12.2 Å². The average Bonchev–Trinajstić information content (AvgIpc) is 2.34. The molecule has 0 N–H and O–H groups in total. The number of carbonyl (C=O) groups is 1. The summed E-state index contributed by atoms with van der Waals surface area (Å²) in [4.78, 5) is 13.0. The summed E-state index contributed by atoms with van der Waals surface area (Å²) in [5, 5.41) is 3.12. The average molecular weight is 147 g/mol. The van der Waals surface area contributed by atoms with Crippen molar-refractivity contribution >= 4 is 6.41 Å². The number of hydrogen-bond donors (Lipinski definition) is 0. The highest BCUT2D eigenvalue weighted by molar-refractivity contribution is 5.49. The molecule has 0 saturated heterocycles. The maximum absolute atomic E-state index is 11.7. The maximum atomic E-state index is 11.7. The molecule has 0 aliphatic carbocycles. The minimum Gasteiger partial charge on any atom is -0.276 e. The van der Waals surface area contributed by atoms with Crippen molar-refractivity contribution in [1.29, 1.82) is 0 Å². The monoisotopic (exact) mass is 147 g/mol. The molecule has 54 valence electrons. The van der Waals surface area contributed by atoms with Gasteiger partial charge in [0.05, 0.1) is 0 Å². The summed E-state index contributed by atoms with van der Waals surface area (Å²) >= 11 is 0. The molecule has 1 rings (SSSR count). The van der Waals surface area contributed by atoms with E-state index in [0.29, 0.717) is 11.1 Å². The molecule has 0 unspecified atom stereocenters. The SMILES string of the molecule is O=Cn1cnc(C(F)F)n1. The Morgan fingerprint density at radius 1 is 1.70 bits per heavy atom. The summed E-state index contributed by atoms with van der Waals surface area (Å²) in [6, 6.07) is 0. The predicted molar refractivity (Wildman–Crippen MR) is 27.1 cm³/mol. The lowest BCUT2D eigenvalue weighted by Crippen LogP contribution is -1.96. The van der Waals surface area contributed by atoms with Crippen LogP contribution in [0.4, 0.5) is 8.78 Å². The molecule has 0 radical (unpaired) electrons. The molecule has 0 saturated carbocycles. The van der Waals surface area contributed by atoms with Crippen molar-refractivity contribution < 1.29 is 13.6 Å². The van der Waals surface area contributed by atoms with Gasteiger partial charge in [-0.15, -0.1) is 5.10 Å². The van der Waals surface area contributed by atoms with Crippen LogP contribution in [0.5, 0.6) is 0 Å². The van der Waals surface area contributed by atoms with Gasteiger partial charge in [0, 0.05) is 0 Å². The second-order valence-electron chi connectivity index (χ2n) is 1.49. The zero-order valence-electron chi connectivity index (χ0n) is 4.74. The fourth-order valence-corrected chi connectivity index (χ4v) is 0.439. The van der Waals surface area contributed by atoms with Gasteiger partial charge < -0.3 is 0 Å². The molecule has 1 aromatic heterocycles. The van der Waals surface area contributed by atoms with E-state index in [9.17, 15) is 13.6 Å². The fraction of sp³-hybridized carbons (Fsp3) is 0.250. The Hall–Kier alpha value is -1.33. The van der Waals surface area contributed by atoms with Crippen molar-refractivity contribution in [2.24, 2.45) is 0 Å². The van der Waals surface area contributed by atoms with Crippen molar-refractivity contribution in [3.8, 4) is 0 Å². The lowest BCUT2D eigenvalue weighted by Gasteiger charge is -1.85. The molecule has 6 heteroatoms. The molecular formula is C4H3F2N3O. The number of rotatable bonds is 2. The molecule has 1 aromatic rings. The Bertz CT molecular complexity index is 234. The van der Waals surface area contributed by atoms with E-state index in [1.807, 2.05) is 0 Å². The third kappa shape index (κ3) is 1.15. The Balaban J connectivity index is 2.88. The van der Waals surface area contributed by atoms with Crippen LogP contribution in [0.2, 0.25) is 0 Å². The topological polar surface area (TPSA) is 47.8 Å². The minimum absolute atomic E-state index is 0.291. The Kier molecular flexibility index (Phi) is 1.70. The summed E-state index contributed by atoms with van der Waals surface area (Å²) in [6.07, 6.45) is -1.51. The molecule has 0 aliphatic heterocycles. The van der Waals surface area contributed by atoms with Gasteiger partial charge in [-0.05, 0) is 0 Å². The van der Waals surface area contributed by atoms with Crippen LogP contribution < -0.4 is 0 Å². The van der Waals surface area contributed by atoms with Crippen molar-refractivity contribution in [1.82, 2.24) is 14.8 Å². The Morgan fingerprint density at radius 2 is 2.40 bits per heavy atom. The second-order valence-corrected chi connectivity index (χ2v) is 1.49. The predicted octanol–water partition coefficient (Wildman–Crippen LogP) is 0.254. The van der Waals surface area contributed by atoms with E-state index in [1.165, 1.54) is 0 Å². The van der Waals surface area contributed by atoms with E-state index in [4.69, 9.17) is 0 Å². The number of carbonyl (C=O) groups excluding carboxylic acids is 1. The van der Waals surface area contributed by atoms with E-state index in [2.05, 4.69) is 10.1 Å². The molecule has 0 aliphatic rings. The highest BCUT2D eigenvalue weighted by Gasteiger charge is 2.11. The van der Waals surface area contributed by atoms with Gasteiger partial charge in [-0.1, -0.05) is 0 Å². The first kappa shape index (κ1) is 6.79.